The van der Waals surface area contributed by atoms with Crippen molar-refractivity contribution in [2.24, 2.45) is 5.92 Å². The minimum atomic E-state index is 0.584. The van der Waals surface area contributed by atoms with Crippen LogP contribution in [0.1, 0.15) is 19.8 Å². The van der Waals surface area contributed by atoms with Crippen molar-refractivity contribution < 1.29 is 0 Å². The molecule has 1 heterocycles. The molecule has 0 aliphatic carbocycles. The van der Waals surface area contributed by atoms with Crippen molar-refractivity contribution in [3.05, 3.63) is 30.5 Å². The summed E-state index contributed by atoms with van der Waals surface area (Å²) < 4.78 is 0. The van der Waals surface area contributed by atoms with Crippen LogP contribution in [0.2, 0.25) is 0 Å². The van der Waals surface area contributed by atoms with Crippen LogP contribution in [0.4, 0.5) is 5.69 Å². The first-order valence-electron chi connectivity index (χ1n) is 6.31. The molecule has 1 unspecified atom stereocenters. The van der Waals surface area contributed by atoms with Gasteiger partial charge in [0.1, 0.15) is 0 Å². The molecule has 4 heteroatoms. The van der Waals surface area contributed by atoms with Crippen molar-refractivity contribution in [3.63, 3.8) is 0 Å². The third-order valence-corrected chi connectivity index (χ3v) is 3.53. The Morgan fingerprint density at radius 2 is 2.17 bits per heavy atom. The first-order valence-corrected chi connectivity index (χ1v) is 6.85. The molecule has 96 valence electrons. The summed E-state index contributed by atoms with van der Waals surface area (Å²) in [6.45, 7) is 3.12. The summed E-state index contributed by atoms with van der Waals surface area (Å²) in [5.41, 5.74) is 1.98. The van der Waals surface area contributed by atoms with Crippen LogP contribution < -0.4 is 5.32 Å². The molecule has 1 atom stereocenters. The topological polar surface area (TPSA) is 37.8 Å². The second-order valence-corrected chi connectivity index (χ2v) is 4.91. The zero-order chi connectivity index (χ0) is 12.8. The Kier molecular flexibility index (Phi) is 4.76. The quantitative estimate of drug-likeness (QED) is 0.638. The number of fused-ring (bicyclic) bond motifs is 1. The second kappa shape index (κ2) is 6.55. The first-order chi connectivity index (χ1) is 8.81. The van der Waals surface area contributed by atoms with Crippen LogP contribution in [0.25, 0.3) is 10.9 Å². The highest BCUT2D eigenvalue weighted by molar-refractivity contribution is 6.18. The molecule has 1 aromatic heterocycles. The number of alkyl halides is 1. The van der Waals surface area contributed by atoms with Gasteiger partial charge in [0, 0.05) is 17.8 Å². The molecule has 0 aliphatic rings. The highest BCUT2D eigenvalue weighted by Crippen LogP contribution is 2.19. The number of nitrogens with one attached hydrogen (secondary N) is 1. The van der Waals surface area contributed by atoms with Crippen LogP contribution in [0.5, 0.6) is 0 Å². The van der Waals surface area contributed by atoms with E-state index >= 15 is 0 Å². The maximum atomic E-state index is 5.79. The molecule has 0 radical (unpaired) electrons. The van der Waals surface area contributed by atoms with E-state index in [-0.39, 0.29) is 0 Å². The number of benzene rings is 1. The fourth-order valence-corrected chi connectivity index (χ4v) is 2.05. The lowest BCUT2D eigenvalue weighted by atomic mass is 10.1. The molecule has 0 saturated heterocycles. The van der Waals surface area contributed by atoms with Gasteiger partial charge in [-0.2, -0.15) is 10.2 Å². The van der Waals surface area contributed by atoms with Gasteiger partial charge in [-0.25, -0.2) is 0 Å². The van der Waals surface area contributed by atoms with Gasteiger partial charge in [0.15, 0.2) is 0 Å². The van der Waals surface area contributed by atoms with E-state index in [4.69, 9.17) is 11.6 Å². The zero-order valence-electron chi connectivity index (χ0n) is 10.6. The van der Waals surface area contributed by atoms with Crippen LogP contribution in [-0.2, 0) is 0 Å². The summed E-state index contributed by atoms with van der Waals surface area (Å²) in [5, 5.41) is 12.7. The lowest BCUT2D eigenvalue weighted by Gasteiger charge is -2.10. The van der Waals surface area contributed by atoms with Gasteiger partial charge in [0.2, 0.25) is 0 Å². The van der Waals surface area contributed by atoms with Crippen LogP contribution in [0.15, 0.2) is 30.5 Å². The van der Waals surface area contributed by atoms with Crippen molar-refractivity contribution in [1.82, 2.24) is 10.2 Å². The maximum absolute atomic E-state index is 5.79. The fraction of sp³-hybridized carbons (Fsp3) is 0.429. The van der Waals surface area contributed by atoms with E-state index < -0.39 is 0 Å². The molecule has 1 aromatic carbocycles. The van der Waals surface area contributed by atoms with Crippen molar-refractivity contribution in [2.75, 3.05) is 17.7 Å². The van der Waals surface area contributed by atoms with Crippen LogP contribution in [0.3, 0.4) is 0 Å². The molecule has 18 heavy (non-hydrogen) atoms. The molecule has 2 aromatic rings. The number of halogens is 1. The van der Waals surface area contributed by atoms with E-state index in [1.807, 2.05) is 18.2 Å². The standard InChI is InChI=1S/C14H18ClN3/c1-11(9-15)5-4-8-16-14-10-17-18-13-7-3-2-6-12(13)14/h2-3,6-7,10-11H,4-5,8-9H2,1H3,(H,16,18). The highest BCUT2D eigenvalue weighted by atomic mass is 35.5. The van der Waals surface area contributed by atoms with Crippen molar-refractivity contribution >= 4 is 28.2 Å². The third kappa shape index (κ3) is 3.33. The van der Waals surface area contributed by atoms with Gasteiger partial charge in [-0.1, -0.05) is 25.1 Å². The summed E-state index contributed by atoms with van der Waals surface area (Å²) in [6.07, 6.45) is 4.05. The van der Waals surface area contributed by atoms with Gasteiger partial charge >= 0.3 is 0 Å². The Morgan fingerprint density at radius 3 is 3.00 bits per heavy atom. The van der Waals surface area contributed by atoms with Gasteiger partial charge < -0.3 is 5.32 Å². The smallest absolute Gasteiger partial charge is 0.0950 e. The lowest BCUT2D eigenvalue weighted by molar-refractivity contribution is 0.572. The lowest BCUT2D eigenvalue weighted by Crippen LogP contribution is -2.06. The number of hydrogen-bond acceptors (Lipinski definition) is 3. The monoisotopic (exact) mass is 263 g/mol. The largest absolute Gasteiger partial charge is 0.383 e. The van der Waals surface area contributed by atoms with E-state index in [2.05, 4.69) is 28.5 Å². The molecule has 0 bridgehead atoms. The van der Waals surface area contributed by atoms with Gasteiger partial charge in [-0.15, -0.1) is 11.6 Å². The molecule has 1 N–H and O–H groups in total. The number of anilines is 1. The van der Waals surface area contributed by atoms with E-state index in [0.29, 0.717) is 5.92 Å². The number of aromatic nitrogens is 2. The first kappa shape index (κ1) is 13.1. The number of rotatable bonds is 6. The van der Waals surface area contributed by atoms with Crippen LogP contribution >= 0.6 is 11.6 Å². The van der Waals surface area contributed by atoms with Crippen molar-refractivity contribution in [1.29, 1.82) is 0 Å². The molecule has 0 fully saturated rings. The average molecular weight is 264 g/mol. The molecule has 0 aliphatic heterocycles. The fourth-order valence-electron chi connectivity index (χ4n) is 1.90. The normalized spacial score (nSPS) is 12.6. The minimum absolute atomic E-state index is 0.584. The Balaban J connectivity index is 1.95. The van der Waals surface area contributed by atoms with E-state index in [1.165, 1.54) is 0 Å². The van der Waals surface area contributed by atoms with E-state index in [1.54, 1.807) is 6.20 Å². The highest BCUT2D eigenvalue weighted by Gasteiger charge is 2.02. The van der Waals surface area contributed by atoms with Gasteiger partial charge in [0.05, 0.1) is 17.4 Å². The van der Waals surface area contributed by atoms with E-state index in [0.717, 1.165) is 41.9 Å². The van der Waals surface area contributed by atoms with Crippen LogP contribution in [0, 0.1) is 5.92 Å². The van der Waals surface area contributed by atoms with Crippen molar-refractivity contribution in [3.8, 4) is 0 Å². The molecule has 0 saturated carbocycles. The number of hydrogen-bond donors (Lipinski definition) is 1. The molecular weight excluding hydrogens is 246 g/mol. The molecule has 2 rings (SSSR count). The number of nitrogens with zero attached hydrogens (tertiary/aromatic N) is 2. The maximum Gasteiger partial charge on any atom is 0.0950 e. The summed E-state index contributed by atoms with van der Waals surface area (Å²) in [4.78, 5) is 0. The third-order valence-electron chi connectivity index (χ3n) is 3.00. The zero-order valence-corrected chi connectivity index (χ0v) is 11.3. The SMILES string of the molecule is CC(CCl)CCCNc1cnnc2ccccc12. The molecule has 0 spiro atoms. The molecular formula is C14H18ClN3. The Hall–Kier alpha value is -1.35. The van der Waals surface area contributed by atoms with Gasteiger partial charge in [-0.3, -0.25) is 0 Å². The molecule has 3 nitrogen and oxygen atoms in total. The van der Waals surface area contributed by atoms with Crippen molar-refractivity contribution in [2.45, 2.75) is 19.8 Å². The van der Waals surface area contributed by atoms with Crippen LogP contribution in [-0.4, -0.2) is 22.6 Å². The summed E-state index contributed by atoms with van der Waals surface area (Å²) >= 11 is 5.79. The minimum Gasteiger partial charge on any atom is -0.383 e. The predicted octanol–water partition coefficient (Wildman–Crippen LogP) is 3.70. The summed E-state index contributed by atoms with van der Waals surface area (Å²) in [6, 6.07) is 8.03. The van der Waals surface area contributed by atoms with Gasteiger partial charge in [0.25, 0.3) is 0 Å². The second-order valence-electron chi connectivity index (χ2n) is 4.60. The Labute approximate surface area is 113 Å². The average Bonchev–Trinajstić information content (AvgIpc) is 2.43. The van der Waals surface area contributed by atoms with E-state index in [9.17, 15) is 0 Å². The molecule has 0 amide bonds. The van der Waals surface area contributed by atoms with Gasteiger partial charge in [-0.05, 0) is 24.8 Å². The predicted molar refractivity (Wildman–Crippen MR) is 77.1 cm³/mol. The summed E-state index contributed by atoms with van der Waals surface area (Å²) in [5.74, 6) is 1.32. The summed E-state index contributed by atoms with van der Waals surface area (Å²) in [7, 11) is 0. The Bertz CT molecular complexity index is 496. The Morgan fingerprint density at radius 1 is 1.33 bits per heavy atom.